The Bertz CT molecular complexity index is 2670. The summed E-state index contributed by atoms with van der Waals surface area (Å²) in [6.45, 7) is 7.35. The van der Waals surface area contributed by atoms with Crippen molar-refractivity contribution in [1.29, 1.82) is 0 Å². The van der Waals surface area contributed by atoms with Crippen LogP contribution in [0.1, 0.15) is 100 Å². The molecule has 0 radical (unpaired) electrons. The minimum absolute atomic E-state index is 0.00729. The van der Waals surface area contributed by atoms with Crippen LogP contribution in [0.15, 0.2) is 78.9 Å². The summed E-state index contributed by atoms with van der Waals surface area (Å²) in [5, 5.41) is 34.7. The molecule has 2 fully saturated rings. The molecule has 4 heterocycles. The van der Waals surface area contributed by atoms with Gasteiger partial charge in [-0.2, -0.15) is 0 Å². The fourth-order valence-electron chi connectivity index (χ4n) is 8.51. The molecule has 1 unspecified atom stereocenters. The molecule has 17 nitrogen and oxygen atoms in total. The van der Waals surface area contributed by atoms with Gasteiger partial charge in [-0.1, -0.05) is 26.0 Å². The summed E-state index contributed by atoms with van der Waals surface area (Å²) >= 11 is 0. The molecule has 17 heteroatoms. The van der Waals surface area contributed by atoms with E-state index < -0.39 is 23.8 Å². The summed E-state index contributed by atoms with van der Waals surface area (Å²) in [5.41, 5.74) is 3.69. The quantitative estimate of drug-likeness (QED) is 0.0861. The van der Waals surface area contributed by atoms with Crippen LogP contribution in [0.5, 0.6) is 23.0 Å². The smallest absolute Gasteiger partial charge is 0.310 e. The third-order valence-corrected chi connectivity index (χ3v) is 12.0. The number of benzene rings is 4. The average Bonchev–Trinajstić information content (AvgIpc) is 3.88. The Hall–Kier alpha value is -7.56. The maximum absolute atomic E-state index is 13.5. The lowest BCUT2D eigenvalue weighted by Gasteiger charge is -2.31. The van der Waals surface area contributed by atoms with E-state index in [4.69, 9.17) is 9.47 Å². The van der Waals surface area contributed by atoms with Crippen molar-refractivity contribution in [2.75, 3.05) is 26.2 Å². The Balaban J connectivity index is 0.840. The number of nitrogens with one attached hydrogen (secondary N) is 2. The summed E-state index contributed by atoms with van der Waals surface area (Å²) in [6, 6.07) is 21.0. The lowest BCUT2D eigenvalue weighted by atomic mass is 9.97. The van der Waals surface area contributed by atoms with Crippen LogP contribution in [0.4, 0.5) is 0 Å². The monoisotopic (exact) mass is 883 g/mol. The van der Waals surface area contributed by atoms with Crippen LogP contribution in [0.3, 0.4) is 0 Å². The summed E-state index contributed by atoms with van der Waals surface area (Å²) in [6.07, 6.45) is 1.69. The zero-order valence-electron chi connectivity index (χ0n) is 36.2. The number of carbonyl (C=O) groups is 6. The number of esters is 1. The van der Waals surface area contributed by atoms with Crippen molar-refractivity contribution in [3.05, 3.63) is 113 Å². The van der Waals surface area contributed by atoms with E-state index in [1.807, 2.05) is 13.8 Å². The third-order valence-electron chi connectivity index (χ3n) is 12.0. The number of piperidine rings is 2. The summed E-state index contributed by atoms with van der Waals surface area (Å²) in [7, 11) is 0. The number of hydrogen-bond acceptors (Lipinski definition) is 12. The topological polar surface area (TPSA) is 223 Å². The van der Waals surface area contributed by atoms with Crippen molar-refractivity contribution < 1.29 is 48.5 Å². The van der Waals surface area contributed by atoms with Gasteiger partial charge in [0.05, 0.1) is 18.6 Å². The van der Waals surface area contributed by atoms with Crippen LogP contribution in [0.25, 0.3) is 17.1 Å². The van der Waals surface area contributed by atoms with E-state index in [0.29, 0.717) is 83.0 Å². The fourth-order valence-corrected chi connectivity index (χ4v) is 8.51. The number of ether oxygens (including phenoxy) is 2. The third kappa shape index (κ3) is 9.25. The van der Waals surface area contributed by atoms with E-state index in [-0.39, 0.29) is 85.1 Å². The highest BCUT2D eigenvalue weighted by atomic mass is 16.5. The Labute approximate surface area is 374 Å². The molecule has 65 heavy (non-hydrogen) atoms. The molecule has 3 aliphatic heterocycles. The van der Waals surface area contributed by atoms with Crippen molar-refractivity contribution in [2.45, 2.75) is 71.4 Å². The molecular weight excluding hydrogens is 835 g/mol. The summed E-state index contributed by atoms with van der Waals surface area (Å²) in [4.78, 5) is 80.1. The maximum atomic E-state index is 13.5. The number of likely N-dealkylation sites (tertiary alicyclic amines) is 1. The Morgan fingerprint density at radius 2 is 1.58 bits per heavy atom. The Morgan fingerprint density at radius 3 is 2.26 bits per heavy atom. The molecule has 1 aromatic heterocycles. The van der Waals surface area contributed by atoms with E-state index in [9.17, 15) is 39.0 Å². The second-order valence-electron chi connectivity index (χ2n) is 16.7. The number of aromatic nitrogens is 3. The van der Waals surface area contributed by atoms with Crippen LogP contribution >= 0.6 is 0 Å². The van der Waals surface area contributed by atoms with Crippen molar-refractivity contribution in [3.8, 4) is 40.1 Å². The highest BCUT2D eigenvalue weighted by Crippen LogP contribution is 2.39. The van der Waals surface area contributed by atoms with Gasteiger partial charge in [-0.15, -0.1) is 10.2 Å². The molecule has 0 spiro atoms. The molecule has 4 aromatic carbocycles. The molecule has 1 atom stereocenters. The maximum Gasteiger partial charge on any atom is 0.310 e. The Morgan fingerprint density at radius 1 is 0.877 bits per heavy atom. The molecule has 0 bridgehead atoms. The number of carbonyl (C=O) groups excluding carboxylic acids is 6. The van der Waals surface area contributed by atoms with Crippen LogP contribution in [0, 0.1) is 5.92 Å². The second kappa shape index (κ2) is 18.7. The molecule has 5 aromatic rings. The lowest BCUT2D eigenvalue weighted by Crippen LogP contribution is -2.52. The van der Waals surface area contributed by atoms with Gasteiger partial charge in [0.15, 0.2) is 5.82 Å². The van der Waals surface area contributed by atoms with Crippen molar-refractivity contribution >= 4 is 35.5 Å². The number of rotatable bonds is 13. The predicted octanol–water partition coefficient (Wildman–Crippen LogP) is 5.41. The van der Waals surface area contributed by atoms with Crippen molar-refractivity contribution in [2.24, 2.45) is 5.92 Å². The normalized spacial score (nSPS) is 16.4. The molecular formula is C48H49N7O10. The van der Waals surface area contributed by atoms with E-state index >= 15 is 0 Å². The number of nitrogens with zero attached hydrogens (tertiary/aromatic N) is 5. The number of hydrogen-bond donors (Lipinski definition) is 4. The minimum atomic E-state index is -0.744. The largest absolute Gasteiger partial charge is 0.508 e. The first-order valence-electron chi connectivity index (χ1n) is 21.7. The van der Waals surface area contributed by atoms with Crippen LogP contribution < -0.4 is 15.4 Å². The first-order chi connectivity index (χ1) is 31.3. The zero-order valence-corrected chi connectivity index (χ0v) is 36.2. The molecule has 2 saturated heterocycles. The second-order valence-corrected chi connectivity index (χ2v) is 16.7. The zero-order chi connectivity index (χ0) is 45.9. The molecule has 5 amide bonds. The van der Waals surface area contributed by atoms with Gasteiger partial charge < -0.3 is 34.8 Å². The number of aromatic hydroxyl groups is 2. The molecule has 0 saturated carbocycles. The van der Waals surface area contributed by atoms with Crippen LogP contribution in [-0.2, 0) is 32.1 Å². The minimum Gasteiger partial charge on any atom is -0.508 e. The van der Waals surface area contributed by atoms with Gasteiger partial charge in [0.2, 0.25) is 17.6 Å². The summed E-state index contributed by atoms with van der Waals surface area (Å²) in [5.74, 6) is -1.22. The number of fused-ring (bicyclic) bond motifs is 1. The Kier molecular flexibility index (Phi) is 12.6. The van der Waals surface area contributed by atoms with Gasteiger partial charge in [-0.25, -0.2) is 0 Å². The van der Waals surface area contributed by atoms with Gasteiger partial charge in [0.25, 0.3) is 17.7 Å². The van der Waals surface area contributed by atoms with E-state index in [1.54, 1.807) is 84.6 Å². The standard InChI is InChI=1S/C48H49N7O10/c1-4-49-46(61)44-52-51-43(36-23-35(27(2)3)39(56)24-40(36)57)55(44)31-10-14-33(15-11-31)65-32-12-8-29(9-13-32)47(62)53-20-18-28(19-21-53)26-64-42(59)22-30-6-5-7-34-37(30)25-54(48(34)63)38-16-17-41(58)50-45(38)60/h5-15,23-24,27-28,38,56-57H,4,16-22,25-26H2,1-3H3,(H,49,61)(H,50,58,60). The molecule has 3 aliphatic rings. The van der Waals surface area contributed by atoms with E-state index in [1.165, 1.54) is 15.5 Å². The highest BCUT2D eigenvalue weighted by Gasteiger charge is 2.40. The molecule has 336 valence electrons. The first-order valence-corrected chi connectivity index (χ1v) is 21.7. The van der Waals surface area contributed by atoms with E-state index in [0.717, 1.165) is 0 Å². The van der Waals surface area contributed by atoms with E-state index in [2.05, 4.69) is 20.8 Å². The first kappa shape index (κ1) is 44.1. The number of amides is 5. The number of phenols is 2. The number of imide groups is 1. The number of phenolic OH excluding ortho intramolecular Hbond substituents is 2. The molecule has 0 aliphatic carbocycles. The van der Waals surface area contributed by atoms with Gasteiger partial charge in [-0.05, 0) is 115 Å². The predicted molar refractivity (Wildman–Crippen MR) is 235 cm³/mol. The van der Waals surface area contributed by atoms with Gasteiger partial charge in [0, 0.05) is 55.5 Å². The van der Waals surface area contributed by atoms with Gasteiger partial charge in [0.1, 0.15) is 29.0 Å². The van der Waals surface area contributed by atoms with Crippen molar-refractivity contribution in [1.82, 2.24) is 35.2 Å². The molecule has 4 N–H and O–H groups in total. The van der Waals surface area contributed by atoms with Gasteiger partial charge >= 0.3 is 5.97 Å². The van der Waals surface area contributed by atoms with Crippen LogP contribution in [0.2, 0.25) is 0 Å². The SMILES string of the molecule is CCNC(=O)c1nnc(-c2cc(C(C)C)c(O)cc2O)n1-c1ccc(Oc2ccc(C(=O)N3CCC(COC(=O)Cc4cccc5c4CN(C4CCC(=O)NC4=O)C5=O)CC3)cc2)cc1. The van der Waals surface area contributed by atoms with Crippen LogP contribution in [-0.4, -0.2) is 103 Å². The fraction of sp³-hybridized carbons (Fsp3) is 0.333. The molecule has 8 rings (SSSR count). The van der Waals surface area contributed by atoms with Crippen molar-refractivity contribution in [3.63, 3.8) is 0 Å². The highest BCUT2D eigenvalue weighted by molar-refractivity contribution is 6.05. The van der Waals surface area contributed by atoms with Gasteiger partial charge in [-0.3, -0.25) is 38.7 Å². The summed E-state index contributed by atoms with van der Waals surface area (Å²) < 4.78 is 13.3. The average molecular weight is 884 g/mol. The lowest BCUT2D eigenvalue weighted by molar-refractivity contribution is -0.144.